The van der Waals surface area contributed by atoms with Gasteiger partial charge in [0.1, 0.15) is 12.2 Å². The van der Waals surface area contributed by atoms with Crippen LogP contribution in [-0.4, -0.2) is 21.1 Å². The topological polar surface area (TPSA) is 70.7 Å². The van der Waals surface area contributed by atoms with Crippen molar-refractivity contribution in [2.24, 2.45) is 0 Å². The Bertz CT molecular complexity index is 477. The van der Waals surface area contributed by atoms with E-state index in [4.69, 9.17) is 0 Å². The number of nitrogens with one attached hydrogen (secondary N) is 2. The van der Waals surface area contributed by atoms with Gasteiger partial charge in [0.15, 0.2) is 0 Å². The van der Waals surface area contributed by atoms with Gasteiger partial charge in [-0.05, 0) is 37.9 Å². The second-order valence-electron chi connectivity index (χ2n) is 2.85. The Morgan fingerprint density at radius 3 is 2.94 bits per heavy atom. The summed E-state index contributed by atoms with van der Waals surface area (Å²) in [6.45, 7) is 0.339. The zero-order valence-corrected chi connectivity index (χ0v) is 11.8. The molecule has 2 heterocycles. The third kappa shape index (κ3) is 2.69. The zero-order valence-electron chi connectivity index (χ0n) is 7.83. The lowest BCUT2D eigenvalue weighted by Crippen LogP contribution is -2.22. The summed E-state index contributed by atoms with van der Waals surface area (Å²) in [6.07, 6.45) is 1.40. The molecule has 1 amide bonds. The highest BCUT2D eigenvalue weighted by atomic mass is 79.9. The molecule has 0 aromatic carbocycles. The molecule has 2 aromatic rings. The molecule has 0 saturated heterocycles. The predicted octanol–water partition coefficient (Wildman–Crippen LogP) is 2.32. The SMILES string of the molecule is O=C(NCc1ncn[nH]1)c1cc(Br)c(Br)s1. The number of rotatable bonds is 3. The van der Waals surface area contributed by atoms with Crippen molar-refractivity contribution in [2.45, 2.75) is 6.54 Å². The first kappa shape index (κ1) is 11.7. The van der Waals surface area contributed by atoms with E-state index in [-0.39, 0.29) is 5.91 Å². The van der Waals surface area contributed by atoms with Gasteiger partial charge >= 0.3 is 0 Å². The molecule has 0 fully saturated rings. The van der Waals surface area contributed by atoms with Crippen LogP contribution in [0.5, 0.6) is 0 Å². The average molecular weight is 366 g/mol. The van der Waals surface area contributed by atoms with Crippen molar-refractivity contribution in [2.75, 3.05) is 0 Å². The number of H-pyrrole nitrogens is 1. The van der Waals surface area contributed by atoms with Crippen molar-refractivity contribution in [3.05, 3.63) is 31.4 Å². The number of carbonyl (C=O) groups excluding carboxylic acids is 1. The van der Waals surface area contributed by atoms with Gasteiger partial charge in [0.25, 0.3) is 5.91 Å². The molecule has 16 heavy (non-hydrogen) atoms. The highest BCUT2D eigenvalue weighted by Gasteiger charge is 2.11. The van der Waals surface area contributed by atoms with Crippen LogP contribution in [0.2, 0.25) is 0 Å². The minimum atomic E-state index is -0.132. The number of nitrogens with zero attached hydrogens (tertiary/aromatic N) is 2. The van der Waals surface area contributed by atoms with E-state index in [2.05, 4.69) is 52.4 Å². The fraction of sp³-hybridized carbons (Fsp3) is 0.125. The summed E-state index contributed by atoms with van der Waals surface area (Å²) in [5.74, 6) is 0.496. The van der Waals surface area contributed by atoms with Crippen molar-refractivity contribution >= 4 is 49.1 Å². The molecular weight excluding hydrogens is 360 g/mol. The Morgan fingerprint density at radius 1 is 1.56 bits per heavy atom. The third-order valence-electron chi connectivity index (χ3n) is 1.75. The second-order valence-corrected chi connectivity index (χ2v) is 6.07. The molecule has 2 aromatic heterocycles. The predicted molar refractivity (Wildman–Crippen MR) is 67.3 cm³/mol. The smallest absolute Gasteiger partial charge is 0.261 e. The Kier molecular flexibility index (Phi) is 3.72. The highest BCUT2D eigenvalue weighted by molar-refractivity contribution is 9.13. The lowest BCUT2D eigenvalue weighted by molar-refractivity contribution is 0.0954. The summed E-state index contributed by atoms with van der Waals surface area (Å²) in [4.78, 5) is 16.2. The minimum absolute atomic E-state index is 0.132. The molecule has 84 valence electrons. The minimum Gasteiger partial charge on any atom is -0.344 e. The van der Waals surface area contributed by atoms with Crippen LogP contribution >= 0.6 is 43.2 Å². The second kappa shape index (κ2) is 5.07. The summed E-state index contributed by atoms with van der Waals surface area (Å²) in [5.41, 5.74) is 0. The van der Waals surface area contributed by atoms with Gasteiger partial charge in [-0.1, -0.05) is 0 Å². The van der Waals surface area contributed by atoms with E-state index < -0.39 is 0 Å². The first-order chi connectivity index (χ1) is 7.66. The van der Waals surface area contributed by atoms with Gasteiger partial charge in [0, 0.05) is 4.47 Å². The fourth-order valence-corrected chi connectivity index (χ4v) is 2.98. The van der Waals surface area contributed by atoms with Gasteiger partial charge in [-0.2, -0.15) is 5.10 Å². The van der Waals surface area contributed by atoms with Crippen LogP contribution in [0.4, 0.5) is 0 Å². The summed E-state index contributed by atoms with van der Waals surface area (Å²) in [7, 11) is 0. The van der Waals surface area contributed by atoms with E-state index in [1.165, 1.54) is 17.7 Å². The van der Waals surface area contributed by atoms with Crippen LogP contribution in [0.3, 0.4) is 0 Å². The normalized spacial score (nSPS) is 10.4. The average Bonchev–Trinajstić information content (AvgIpc) is 2.86. The monoisotopic (exact) mass is 364 g/mol. The molecule has 8 heteroatoms. The summed E-state index contributed by atoms with van der Waals surface area (Å²) < 4.78 is 1.78. The maximum atomic E-state index is 11.7. The number of hydrogen-bond donors (Lipinski definition) is 2. The van der Waals surface area contributed by atoms with Crippen LogP contribution in [0.25, 0.3) is 0 Å². The Balaban J connectivity index is 1.98. The van der Waals surface area contributed by atoms with Gasteiger partial charge in [-0.3, -0.25) is 9.89 Å². The molecule has 0 aliphatic rings. The van der Waals surface area contributed by atoms with Crippen LogP contribution in [0, 0.1) is 0 Å². The van der Waals surface area contributed by atoms with Gasteiger partial charge < -0.3 is 5.32 Å². The Labute approximate surface area is 112 Å². The molecule has 0 spiro atoms. The molecule has 2 rings (SSSR count). The first-order valence-electron chi connectivity index (χ1n) is 4.24. The molecule has 0 aliphatic carbocycles. The maximum absolute atomic E-state index is 11.7. The molecule has 2 N–H and O–H groups in total. The van der Waals surface area contributed by atoms with Gasteiger partial charge in [0.2, 0.25) is 0 Å². The zero-order chi connectivity index (χ0) is 11.5. The number of amides is 1. The molecule has 0 unspecified atom stereocenters. The van der Waals surface area contributed by atoms with Crippen molar-refractivity contribution in [3.63, 3.8) is 0 Å². The van der Waals surface area contributed by atoms with Gasteiger partial charge in [0.05, 0.1) is 15.2 Å². The molecule has 0 aliphatic heterocycles. The van der Waals surface area contributed by atoms with E-state index in [1.54, 1.807) is 6.07 Å². The van der Waals surface area contributed by atoms with E-state index in [1.807, 2.05) is 0 Å². The van der Waals surface area contributed by atoms with Gasteiger partial charge in [-0.25, -0.2) is 4.98 Å². The van der Waals surface area contributed by atoms with Gasteiger partial charge in [-0.15, -0.1) is 11.3 Å². The number of carbonyl (C=O) groups is 1. The molecule has 0 atom stereocenters. The van der Waals surface area contributed by atoms with E-state index in [9.17, 15) is 4.79 Å². The number of aromatic nitrogens is 3. The lowest BCUT2D eigenvalue weighted by atomic mass is 10.4. The first-order valence-corrected chi connectivity index (χ1v) is 6.64. The number of halogens is 2. The summed E-state index contributed by atoms with van der Waals surface area (Å²) >= 11 is 8.04. The summed E-state index contributed by atoms with van der Waals surface area (Å²) in [5, 5.41) is 9.10. The van der Waals surface area contributed by atoms with E-state index in [0.29, 0.717) is 17.2 Å². The van der Waals surface area contributed by atoms with Crippen molar-refractivity contribution in [1.82, 2.24) is 20.5 Å². The number of hydrogen-bond acceptors (Lipinski definition) is 4. The van der Waals surface area contributed by atoms with Crippen molar-refractivity contribution in [1.29, 1.82) is 0 Å². The summed E-state index contributed by atoms with van der Waals surface area (Å²) in [6, 6.07) is 1.77. The molecule has 5 nitrogen and oxygen atoms in total. The fourth-order valence-electron chi connectivity index (χ4n) is 1.03. The maximum Gasteiger partial charge on any atom is 0.261 e. The standard InChI is InChI=1S/C8H6Br2N4OS/c9-4-1-5(16-7(4)10)8(15)11-2-6-12-3-13-14-6/h1,3H,2H2,(H,11,15)(H,12,13,14). The van der Waals surface area contributed by atoms with Crippen LogP contribution in [-0.2, 0) is 6.54 Å². The lowest BCUT2D eigenvalue weighted by Gasteiger charge is -1.99. The Morgan fingerprint density at radius 2 is 2.38 bits per heavy atom. The number of thiophene rings is 1. The number of aromatic amines is 1. The molecule has 0 bridgehead atoms. The van der Waals surface area contributed by atoms with Crippen molar-refractivity contribution < 1.29 is 4.79 Å². The largest absolute Gasteiger partial charge is 0.344 e. The molecule has 0 saturated carbocycles. The van der Waals surface area contributed by atoms with Crippen LogP contribution < -0.4 is 5.32 Å². The highest BCUT2D eigenvalue weighted by Crippen LogP contribution is 2.32. The van der Waals surface area contributed by atoms with E-state index in [0.717, 1.165) is 8.26 Å². The quantitative estimate of drug-likeness (QED) is 0.876. The van der Waals surface area contributed by atoms with E-state index >= 15 is 0 Å². The molecule has 0 radical (unpaired) electrons. The van der Waals surface area contributed by atoms with Crippen molar-refractivity contribution in [3.8, 4) is 0 Å². The van der Waals surface area contributed by atoms with Crippen LogP contribution in [0.15, 0.2) is 20.7 Å². The molecular formula is C8H6Br2N4OS. The third-order valence-corrected chi connectivity index (χ3v) is 5.01. The Hall–Kier alpha value is -0.730. The van der Waals surface area contributed by atoms with Crippen LogP contribution in [0.1, 0.15) is 15.5 Å².